The average molecular weight is 396 g/mol. The van der Waals surface area contributed by atoms with Gasteiger partial charge in [-0.15, -0.1) is 24.8 Å². The number of piperazine rings is 1. The molecule has 25 heavy (non-hydrogen) atoms. The summed E-state index contributed by atoms with van der Waals surface area (Å²) in [4.78, 5) is 16.4. The zero-order valence-electron chi connectivity index (χ0n) is 14.9. The molecule has 1 heterocycles. The molecule has 5 nitrogen and oxygen atoms in total. The van der Waals surface area contributed by atoms with Gasteiger partial charge in [0.15, 0.2) is 0 Å². The number of amides is 1. The van der Waals surface area contributed by atoms with Gasteiger partial charge in [-0.2, -0.15) is 0 Å². The summed E-state index contributed by atoms with van der Waals surface area (Å²) in [5, 5.41) is 0. The average Bonchev–Trinajstić information content (AvgIpc) is 2.54. The van der Waals surface area contributed by atoms with Gasteiger partial charge in [0, 0.05) is 44.3 Å². The zero-order chi connectivity index (χ0) is 17.0. The van der Waals surface area contributed by atoms with Crippen LogP contribution in [0, 0.1) is 11.7 Å². The van der Waals surface area contributed by atoms with Crippen molar-refractivity contribution in [2.45, 2.75) is 26.4 Å². The maximum atomic E-state index is 13.4. The van der Waals surface area contributed by atoms with Gasteiger partial charge in [-0.1, -0.05) is 6.92 Å². The Kier molecular flexibility index (Phi) is 10.3. The minimum atomic E-state index is -0.264. The molecule has 0 aliphatic carbocycles. The van der Waals surface area contributed by atoms with Gasteiger partial charge < -0.3 is 15.4 Å². The predicted octanol–water partition coefficient (Wildman–Crippen LogP) is 2.31. The number of carbonyl (C=O) groups excluding carboxylic acids is 1. The SMILES string of the molecule is COc1ccc(F)cc1CN1CCN(C(=O)C(C)C(C)N)CC1.Cl.Cl. The van der Waals surface area contributed by atoms with E-state index in [-0.39, 0.29) is 48.5 Å². The molecule has 0 spiro atoms. The minimum Gasteiger partial charge on any atom is -0.496 e. The Labute approximate surface area is 161 Å². The van der Waals surface area contributed by atoms with E-state index in [9.17, 15) is 9.18 Å². The van der Waals surface area contributed by atoms with Gasteiger partial charge in [0.1, 0.15) is 11.6 Å². The van der Waals surface area contributed by atoms with E-state index in [1.54, 1.807) is 13.2 Å². The lowest BCUT2D eigenvalue weighted by atomic mass is 10.0. The summed E-state index contributed by atoms with van der Waals surface area (Å²) in [6, 6.07) is 4.41. The lowest BCUT2D eigenvalue weighted by molar-refractivity contribution is -0.137. The van der Waals surface area contributed by atoms with Crippen LogP contribution in [0.25, 0.3) is 0 Å². The monoisotopic (exact) mass is 395 g/mol. The van der Waals surface area contributed by atoms with Gasteiger partial charge >= 0.3 is 0 Å². The van der Waals surface area contributed by atoms with Crippen molar-refractivity contribution in [1.82, 2.24) is 9.80 Å². The van der Waals surface area contributed by atoms with Crippen LogP contribution in [0.15, 0.2) is 18.2 Å². The highest BCUT2D eigenvalue weighted by molar-refractivity contribution is 5.85. The van der Waals surface area contributed by atoms with Crippen LogP contribution >= 0.6 is 24.8 Å². The molecule has 2 unspecified atom stereocenters. The fourth-order valence-electron chi connectivity index (χ4n) is 2.75. The van der Waals surface area contributed by atoms with Crippen LogP contribution in [0.3, 0.4) is 0 Å². The number of benzene rings is 1. The van der Waals surface area contributed by atoms with Crippen molar-refractivity contribution < 1.29 is 13.9 Å². The van der Waals surface area contributed by atoms with Gasteiger partial charge in [0.05, 0.1) is 13.0 Å². The molecule has 1 aliphatic rings. The number of halogens is 3. The van der Waals surface area contributed by atoms with Crippen molar-refractivity contribution in [2.24, 2.45) is 11.7 Å². The van der Waals surface area contributed by atoms with Crippen molar-refractivity contribution >= 4 is 30.7 Å². The van der Waals surface area contributed by atoms with Crippen LogP contribution in [0.2, 0.25) is 0 Å². The van der Waals surface area contributed by atoms with E-state index in [2.05, 4.69) is 4.90 Å². The van der Waals surface area contributed by atoms with E-state index in [1.807, 2.05) is 18.7 Å². The molecule has 8 heteroatoms. The Morgan fingerprint density at radius 1 is 1.24 bits per heavy atom. The summed E-state index contributed by atoms with van der Waals surface area (Å²) in [7, 11) is 1.59. The third kappa shape index (κ3) is 6.29. The molecular formula is C17H28Cl2FN3O2. The number of nitrogens with zero attached hydrogens (tertiary/aromatic N) is 2. The lowest BCUT2D eigenvalue weighted by Gasteiger charge is -2.36. The molecule has 144 valence electrons. The molecule has 0 aromatic heterocycles. The molecule has 1 saturated heterocycles. The molecule has 0 bridgehead atoms. The van der Waals surface area contributed by atoms with Crippen LogP contribution < -0.4 is 10.5 Å². The molecule has 1 fully saturated rings. The third-order valence-electron chi connectivity index (χ3n) is 4.50. The van der Waals surface area contributed by atoms with Crippen molar-refractivity contribution in [1.29, 1.82) is 0 Å². The van der Waals surface area contributed by atoms with Gasteiger partial charge in [0.25, 0.3) is 0 Å². The number of carbonyl (C=O) groups is 1. The molecule has 1 amide bonds. The van der Waals surface area contributed by atoms with Crippen molar-refractivity contribution in [3.63, 3.8) is 0 Å². The molecule has 2 rings (SSSR count). The Morgan fingerprint density at radius 3 is 2.36 bits per heavy atom. The second kappa shape index (κ2) is 10.8. The summed E-state index contributed by atoms with van der Waals surface area (Å²) in [6.07, 6.45) is 0. The second-order valence-corrected chi connectivity index (χ2v) is 6.21. The fraction of sp³-hybridized carbons (Fsp3) is 0.588. The summed E-state index contributed by atoms with van der Waals surface area (Å²) < 4.78 is 18.7. The normalized spacial score (nSPS) is 17.1. The first-order chi connectivity index (χ1) is 10.9. The van der Waals surface area contributed by atoms with Crippen LogP contribution in [-0.4, -0.2) is 55.0 Å². The molecule has 2 atom stereocenters. The van der Waals surface area contributed by atoms with E-state index in [0.717, 1.165) is 18.7 Å². The Bertz CT molecular complexity index is 553. The Morgan fingerprint density at radius 2 is 1.84 bits per heavy atom. The molecule has 2 N–H and O–H groups in total. The van der Waals surface area contributed by atoms with Gasteiger partial charge in [-0.25, -0.2) is 4.39 Å². The number of hydrogen-bond acceptors (Lipinski definition) is 4. The Balaban J connectivity index is 0.00000288. The lowest BCUT2D eigenvalue weighted by Crippen LogP contribution is -2.51. The molecule has 1 aromatic carbocycles. The van der Waals surface area contributed by atoms with Gasteiger partial charge in [0.2, 0.25) is 5.91 Å². The van der Waals surface area contributed by atoms with E-state index >= 15 is 0 Å². The third-order valence-corrected chi connectivity index (χ3v) is 4.50. The number of rotatable bonds is 5. The highest BCUT2D eigenvalue weighted by Crippen LogP contribution is 2.22. The van der Waals surface area contributed by atoms with E-state index in [4.69, 9.17) is 10.5 Å². The van der Waals surface area contributed by atoms with Gasteiger partial charge in [-0.3, -0.25) is 9.69 Å². The largest absolute Gasteiger partial charge is 0.496 e. The van der Waals surface area contributed by atoms with E-state index < -0.39 is 0 Å². The Hall–Kier alpha value is -1.08. The molecule has 1 aliphatic heterocycles. The minimum absolute atomic E-state index is 0. The molecule has 0 saturated carbocycles. The van der Waals surface area contributed by atoms with Crippen LogP contribution in [0.1, 0.15) is 19.4 Å². The highest BCUT2D eigenvalue weighted by Gasteiger charge is 2.26. The first-order valence-corrected chi connectivity index (χ1v) is 8.01. The quantitative estimate of drug-likeness (QED) is 0.830. The van der Waals surface area contributed by atoms with Crippen LogP contribution in [-0.2, 0) is 11.3 Å². The van der Waals surface area contributed by atoms with E-state index in [0.29, 0.717) is 25.4 Å². The van der Waals surface area contributed by atoms with Gasteiger partial charge in [-0.05, 0) is 25.1 Å². The molecule has 0 radical (unpaired) electrons. The maximum Gasteiger partial charge on any atom is 0.227 e. The fourth-order valence-corrected chi connectivity index (χ4v) is 2.75. The van der Waals surface area contributed by atoms with Crippen LogP contribution in [0.5, 0.6) is 5.75 Å². The number of nitrogens with two attached hydrogens (primary N) is 1. The summed E-state index contributed by atoms with van der Waals surface area (Å²) >= 11 is 0. The topological polar surface area (TPSA) is 58.8 Å². The summed E-state index contributed by atoms with van der Waals surface area (Å²) in [5.41, 5.74) is 6.64. The highest BCUT2D eigenvalue weighted by atomic mass is 35.5. The number of methoxy groups -OCH3 is 1. The van der Waals surface area contributed by atoms with E-state index in [1.165, 1.54) is 12.1 Å². The second-order valence-electron chi connectivity index (χ2n) is 6.21. The van der Waals surface area contributed by atoms with Crippen molar-refractivity contribution in [2.75, 3.05) is 33.3 Å². The number of ether oxygens (including phenoxy) is 1. The first kappa shape index (κ1) is 23.9. The zero-order valence-corrected chi connectivity index (χ0v) is 16.5. The van der Waals surface area contributed by atoms with Crippen molar-refractivity contribution in [3.8, 4) is 5.75 Å². The molecular weight excluding hydrogens is 368 g/mol. The summed E-state index contributed by atoms with van der Waals surface area (Å²) in [5.74, 6) is 0.378. The van der Waals surface area contributed by atoms with Crippen LogP contribution in [0.4, 0.5) is 4.39 Å². The summed E-state index contributed by atoms with van der Waals surface area (Å²) in [6.45, 7) is 7.22. The first-order valence-electron chi connectivity index (χ1n) is 8.01. The number of hydrogen-bond donors (Lipinski definition) is 1. The molecule has 1 aromatic rings. The van der Waals surface area contributed by atoms with Crippen molar-refractivity contribution in [3.05, 3.63) is 29.6 Å². The standard InChI is InChI=1S/C17H26FN3O2.2ClH/c1-12(13(2)19)17(22)21-8-6-20(7-9-21)11-14-10-15(18)4-5-16(14)23-3;;/h4-5,10,12-13H,6-9,11,19H2,1-3H3;2*1H. The smallest absolute Gasteiger partial charge is 0.227 e. The maximum absolute atomic E-state index is 13.4. The predicted molar refractivity (Wildman–Crippen MR) is 102 cm³/mol.